The summed E-state index contributed by atoms with van der Waals surface area (Å²) in [7, 11) is 0. The highest BCUT2D eigenvalue weighted by Gasteiger charge is 2.57. The minimum Gasteiger partial charge on any atom is -0.394 e. The van der Waals surface area contributed by atoms with Gasteiger partial charge in [0, 0.05) is 44.7 Å². The zero-order valence-corrected chi connectivity index (χ0v) is 29.0. The highest BCUT2D eigenvalue weighted by atomic mass is 19.3. The number of likely N-dealkylation sites (tertiary alicyclic amines) is 2. The minimum atomic E-state index is -2.46. The zero-order valence-electron chi connectivity index (χ0n) is 29.0. The lowest BCUT2D eigenvalue weighted by Gasteiger charge is -2.31. The van der Waals surface area contributed by atoms with Gasteiger partial charge in [0.05, 0.1) is 24.0 Å². The number of carbonyl (C=O) groups is 2. The van der Waals surface area contributed by atoms with E-state index in [-0.39, 0.29) is 30.8 Å². The second kappa shape index (κ2) is 15.2. The van der Waals surface area contributed by atoms with E-state index in [1.54, 1.807) is 9.58 Å². The number of aromatic nitrogens is 3. The van der Waals surface area contributed by atoms with E-state index in [0.717, 1.165) is 74.4 Å². The highest BCUT2D eigenvalue weighted by Crippen LogP contribution is 2.49. The molecule has 1 aliphatic carbocycles. The molecule has 3 aliphatic heterocycles. The Morgan fingerprint density at radius 1 is 1.12 bits per heavy atom. The Morgan fingerprint density at radius 3 is 2.51 bits per heavy atom. The van der Waals surface area contributed by atoms with Gasteiger partial charge < -0.3 is 25.2 Å². The minimum absolute atomic E-state index is 0.0308. The quantitative estimate of drug-likeness (QED) is 0.276. The molecule has 2 amide bonds. The van der Waals surface area contributed by atoms with Gasteiger partial charge in [-0.25, -0.2) is 18.9 Å². The molecular weight excluding hydrogens is 630 g/mol. The number of aliphatic hydroxyl groups is 1. The predicted octanol–water partition coefficient (Wildman–Crippen LogP) is 3.80. The molecule has 1 aromatic heterocycles. The molecule has 1 aromatic carbocycles. The Morgan fingerprint density at radius 2 is 1.86 bits per heavy atom. The third kappa shape index (κ3) is 8.15. The fraction of sp³-hybridized carbons (Fsp3) is 0.667. The molecule has 49 heavy (non-hydrogen) atoms. The van der Waals surface area contributed by atoms with Crippen LogP contribution in [0, 0.1) is 17.8 Å². The molecule has 2 aromatic rings. The number of rotatable bonds is 14. The van der Waals surface area contributed by atoms with E-state index in [1.807, 2.05) is 44.3 Å². The van der Waals surface area contributed by atoms with Crippen LogP contribution >= 0.6 is 0 Å². The first-order chi connectivity index (χ1) is 23.6. The lowest BCUT2D eigenvalue weighted by atomic mass is 9.91. The second-order valence-corrected chi connectivity index (χ2v) is 14.6. The van der Waals surface area contributed by atoms with Crippen molar-refractivity contribution >= 4 is 17.5 Å². The van der Waals surface area contributed by atoms with Crippen molar-refractivity contribution in [2.75, 3.05) is 45.9 Å². The molecule has 11 nitrogen and oxygen atoms in total. The van der Waals surface area contributed by atoms with Crippen LogP contribution in [0.15, 0.2) is 36.5 Å². The van der Waals surface area contributed by atoms with E-state index in [1.165, 1.54) is 0 Å². The van der Waals surface area contributed by atoms with Crippen molar-refractivity contribution in [3.8, 4) is 0 Å². The van der Waals surface area contributed by atoms with Crippen LogP contribution in [-0.4, -0.2) is 105 Å². The van der Waals surface area contributed by atoms with Gasteiger partial charge >= 0.3 is 0 Å². The molecule has 0 radical (unpaired) electrons. The molecule has 3 N–H and O–H groups in total. The highest BCUT2D eigenvalue weighted by molar-refractivity contribution is 5.90. The number of alkyl halides is 2. The number of hydrogen-bond acceptors (Lipinski definition) is 8. The summed E-state index contributed by atoms with van der Waals surface area (Å²) in [5, 5.41) is 24.1. The first-order valence-electron chi connectivity index (χ1n) is 18.1. The van der Waals surface area contributed by atoms with E-state index in [9.17, 15) is 23.5 Å². The van der Waals surface area contributed by atoms with E-state index in [4.69, 9.17) is 0 Å². The molecule has 3 fully saturated rings. The molecule has 13 heteroatoms. The summed E-state index contributed by atoms with van der Waals surface area (Å²) in [6, 6.07) is 6.05. The maximum atomic E-state index is 14.1. The normalized spacial score (nSPS) is 23.9. The van der Waals surface area contributed by atoms with Crippen LogP contribution in [0.3, 0.4) is 0 Å². The molecule has 4 unspecified atom stereocenters. The number of benzene rings is 1. The third-order valence-corrected chi connectivity index (χ3v) is 10.8. The number of aryl methyl sites for hydroxylation is 1. The summed E-state index contributed by atoms with van der Waals surface area (Å²) in [5.74, 6) is -2.91. The Bertz CT molecular complexity index is 1470. The first-order valence-corrected chi connectivity index (χ1v) is 18.1. The van der Waals surface area contributed by atoms with E-state index in [0.29, 0.717) is 31.8 Å². The van der Waals surface area contributed by atoms with Gasteiger partial charge in [0.15, 0.2) is 0 Å². The number of halogens is 2. The van der Waals surface area contributed by atoms with Crippen LogP contribution in [0.25, 0.3) is 5.70 Å². The molecule has 1 saturated carbocycles. The fourth-order valence-corrected chi connectivity index (χ4v) is 7.72. The van der Waals surface area contributed by atoms with Gasteiger partial charge in [-0.05, 0) is 87.6 Å². The van der Waals surface area contributed by atoms with Gasteiger partial charge in [-0.1, -0.05) is 43.3 Å². The number of piperidine rings is 1. The van der Waals surface area contributed by atoms with Crippen LogP contribution < -0.4 is 10.7 Å². The summed E-state index contributed by atoms with van der Waals surface area (Å²) in [6.45, 7) is 10.1. The largest absolute Gasteiger partial charge is 0.394 e. The maximum Gasteiger partial charge on any atom is 0.252 e. The van der Waals surface area contributed by atoms with Crippen molar-refractivity contribution in [1.29, 1.82) is 0 Å². The predicted molar refractivity (Wildman–Crippen MR) is 182 cm³/mol. The summed E-state index contributed by atoms with van der Waals surface area (Å²) in [5.41, 5.74) is 7.11. The van der Waals surface area contributed by atoms with Gasteiger partial charge in [0.1, 0.15) is 12.1 Å². The Labute approximate surface area is 288 Å². The third-order valence-electron chi connectivity index (χ3n) is 10.8. The number of nitrogens with one attached hydrogen (secondary N) is 2. The van der Waals surface area contributed by atoms with E-state index < -0.39 is 30.0 Å². The zero-order chi connectivity index (χ0) is 34.7. The topological polar surface area (TPSA) is 119 Å². The molecule has 6 rings (SSSR count). The number of nitrogens with zero attached hydrogens (tertiary/aromatic N) is 6. The van der Waals surface area contributed by atoms with E-state index in [2.05, 4.69) is 44.0 Å². The number of hydrazine groups is 1. The smallest absolute Gasteiger partial charge is 0.252 e. The molecule has 4 aliphatic rings. The summed E-state index contributed by atoms with van der Waals surface area (Å²) in [4.78, 5) is 31.5. The number of aliphatic hydroxyl groups excluding tert-OH is 1. The number of amides is 2. The van der Waals surface area contributed by atoms with Crippen LogP contribution in [0.2, 0.25) is 0 Å². The molecular formula is C36H52F2N8O3. The number of carbonyl (C=O) groups excluding carboxylic acids is 2. The van der Waals surface area contributed by atoms with Crippen LogP contribution in [0.1, 0.15) is 88.2 Å². The Hall–Kier alpha value is -3.42. The Balaban J connectivity index is 1.03. The fourth-order valence-electron chi connectivity index (χ4n) is 7.72. The van der Waals surface area contributed by atoms with Crippen LogP contribution in [0.5, 0.6) is 0 Å². The average Bonchev–Trinajstić information content (AvgIpc) is 3.65. The summed E-state index contributed by atoms with van der Waals surface area (Å²) < 4.78 is 28.3. The summed E-state index contributed by atoms with van der Waals surface area (Å²) in [6.07, 6.45) is 8.98. The van der Waals surface area contributed by atoms with E-state index >= 15 is 0 Å². The first kappa shape index (κ1) is 35.4. The molecule has 2 saturated heterocycles. The molecule has 0 bridgehead atoms. The van der Waals surface area contributed by atoms with Gasteiger partial charge in [-0.3, -0.25) is 9.59 Å². The van der Waals surface area contributed by atoms with Crippen molar-refractivity contribution in [3.05, 3.63) is 53.4 Å². The number of hydrogen-bond donors (Lipinski definition) is 3. The van der Waals surface area contributed by atoms with Crippen LogP contribution in [0.4, 0.5) is 8.78 Å². The van der Waals surface area contributed by atoms with Crippen molar-refractivity contribution in [2.24, 2.45) is 17.8 Å². The van der Waals surface area contributed by atoms with Crippen molar-refractivity contribution in [2.45, 2.75) is 89.8 Å². The monoisotopic (exact) mass is 682 g/mol. The second-order valence-electron chi connectivity index (χ2n) is 14.6. The van der Waals surface area contributed by atoms with Gasteiger partial charge in [0.25, 0.3) is 5.92 Å². The van der Waals surface area contributed by atoms with Gasteiger partial charge in [-0.15, -0.1) is 5.10 Å². The van der Waals surface area contributed by atoms with Gasteiger partial charge in [0.2, 0.25) is 11.8 Å². The summed E-state index contributed by atoms with van der Waals surface area (Å²) >= 11 is 0. The molecule has 4 heterocycles. The average molecular weight is 683 g/mol. The van der Waals surface area contributed by atoms with Crippen LogP contribution in [-0.2, 0) is 16.0 Å². The van der Waals surface area contributed by atoms with Crippen molar-refractivity contribution in [3.63, 3.8) is 0 Å². The lowest BCUT2D eigenvalue weighted by Crippen LogP contribution is -2.50. The molecule has 0 spiro atoms. The maximum absolute atomic E-state index is 14.1. The molecule has 4 atom stereocenters. The van der Waals surface area contributed by atoms with Crippen molar-refractivity contribution in [1.82, 2.24) is 40.5 Å². The SMILES string of the molecule is CCN1NCC=C1c1ccc(C(CO)NC(=O)C2CCCN2C(=O)C(C(C)C)n2cc(CCC3CCN(CC4CC4(F)F)CC3)nn2)cc1. The molecule has 268 valence electrons. The van der Waals surface area contributed by atoms with Crippen molar-refractivity contribution < 1.29 is 23.5 Å². The van der Waals surface area contributed by atoms with Gasteiger partial charge in [-0.2, -0.15) is 0 Å². The standard InChI is InChI=1S/C36H52F2N8O3/c1-4-45-31(13-16-39-45)27-10-8-26(9-11-27)30(23-47)40-34(48)32-6-5-17-44(32)35(49)33(24(2)3)46-22-29(41-42-46)12-7-25-14-18-43(19-15-25)21-28-20-36(28,37)38/h8-11,13,22,24-25,28,30,32-33,39,47H,4-7,12,14-21,23H2,1-3H3,(H,40,48). The lowest BCUT2D eigenvalue weighted by molar-refractivity contribution is -0.142. The Kier molecular flexibility index (Phi) is 11.0.